The quantitative estimate of drug-likeness (QED) is 0.493. The third-order valence-electron chi connectivity index (χ3n) is 6.45. The normalized spacial score (nSPS) is 15.8. The smallest absolute Gasteiger partial charge is 0.229 e. The van der Waals surface area contributed by atoms with Crippen molar-refractivity contribution in [3.8, 4) is 16.9 Å². The van der Waals surface area contributed by atoms with Crippen LogP contribution in [0.5, 0.6) is 0 Å². The summed E-state index contributed by atoms with van der Waals surface area (Å²) in [6, 6.07) is 2.34. The third-order valence-corrected chi connectivity index (χ3v) is 6.45. The first-order chi connectivity index (χ1) is 16.6. The van der Waals surface area contributed by atoms with Crippen LogP contribution in [-0.2, 0) is 18.3 Å². The summed E-state index contributed by atoms with van der Waals surface area (Å²) in [4.78, 5) is 16.5. The summed E-state index contributed by atoms with van der Waals surface area (Å²) in [6.45, 7) is 6.14. The lowest BCUT2D eigenvalue weighted by Gasteiger charge is -2.38. The monoisotopic (exact) mass is 458 g/mol. The summed E-state index contributed by atoms with van der Waals surface area (Å²) in [5.41, 5.74) is 4.62. The van der Waals surface area contributed by atoms with Gasteiger partial charge in [-0.05, 0) is 38.3 Å². The lowest BCUT2D eigenvalue weighted by Crippen LogP contribution is -2.42. The lowest BCUT2D eigenvalue weighted by molar-refractivity contribution is 0.0836. The topological polar surface area (TPSA) is 112 Å². The van der Waals surface area contributed by atoms with Crippen LogP contribution in [0.4, 0.5) is 17.5 Å². The van der Waals surface area contributed by atoms with Crippen molar-refractivity contribution < 1.29 is 4.74 Å². The maximum Gasteiger partial charge on any atom is 0.229 e. The van der Waals surface area contributed by atoms with E-state index in [1.807, 2.05) is 56.3 Å². The van der Waals surface area contributed by atoms with E-state index >= 15 is 0 Å². The number of anilines is 3. The molecule has 1 saturated heterocycles. The standard InChI is InChI=1S/C23H26N10O/c1-14-9-24-19(16-10-26-31(3)12-16)8-18(14)27-23-25-11-20-22(28-23)32(17-4-6-34-7-5-17)13-21-30-29-15(2)33(20)21/h8-12,17H,4-7,13H2,1-3H3,(H,24,25,27,28). The summed E-state index contributed by atoms with van der Waals surface area (Å²) in [7, 11) is 1.89. The van der Waals surface area contributed by atoms with Crippen molar-refractivity contribution in [2.24, 2.45) is 7.05 Å². The molecule has 0 radical (unpaired) electrons. The van der Waals surface area contributed by atoms with Gasteiger partial charge in [0.25, 0.3) is 0 Å². The van der Waals surface area contributed by atoms with E-state index in [0.717, 1.165) is 71.7 Å². The van der Waals surface area contributed by atoms with E-state index in [-0.39, 0.29) is 0 Å². The minimum atomic E-state index is 0.334. The fraction of sp³-hybridized carbons (Fsp3) is 0.391. The second-order valence-corrected chi connectivity index (χ2v) is 8.78. The molecule has 0 amide bonds. The van der Waals surface area contributed by atoms with E-state index in [4.69, 9.17) is 9.72 Å². The fourth-order valence-corrected chi connectivity index (χ4v) is 4.63. The van der Waals surface area contributed by atoms with Gasteiger partial charge in [0.1, 0.15) is 11.5 Å². The first-order valence-corrected chi connectivity index (χ1v) is 11.4. The minimum Gasteiger partial charge on any atom is -0.381 e. The van der Waals surface area contributed by atoms with Gasteiger partial charge in [0.15, 0.2) is 11.6 Å². The minimum absolute atomic E-state index is 0.334. The Labute approximate surface area is 196 Å². The van der Waals surface area contributed by atoms with Crippen LogP contribution in [0.2, 0.25) is 0 Å². The Bertz CT molecular complexity index is 1350. The number of nitrogens with one attached hydrogen (secondary N) is 1. The number of aromatic nitrogens is 8. The molecule has 0 spiro atoms. The van der Waals surface area contributed by atoms with Gasteiger partial charge in [-0.1, -0.05) is 0 Å². The molecule has 11 nitrogen and oxygen atoms in total. The molecule has 0 aliphatic carbocycles. The molecule has 6 heterocycles. The van der Waals surface area contributed by atoms with Gasteiger partial charge in [0.05, 0.1) is 24.6 Å². The second kappa shape index (κ2) is 8.17. The molecule has 0 unspecified atom stereocenters. The van der Waals surface area contributed by atoms with Gasteiger partial charge in [-0.3, -0.25) is 14.2 Å². The van der Waals surface area contributed by atoms with Crippen LogP contribution in [-0.4, -0.2) is 58.8 Å². The Kier molecular flexibility index (Phi) is 4.98. The van der Waals surface area contributed by atoms with Crippen molar-refractivity contribution in [3.05, 3.63) is 48.1 Å². The molecular weight excluding hydrogens is 432 g/mol. The second-order valence-electron chi connectivity index (χ2n) is 8.78. The van der Waals surface area contributed by atoms with Gasteiger partial charge in [0, 0.05) is 49.9 Å². The number of hydrogen-bond donors (Lipinski definition) is 1. The largest absolute Gasteiger partial charge is 0.381 e. The van der Waals surface area contributed by atoms with Gasteiger partial charge in [-0.2, -0.15) is 10.1 Å². The Morgan fingerprint density at radius 3 is 2.71 bits per heavy atom. The molecule has 0 saturated carbocycles. The first kappa shape index (κ1) is 20.7. The average molecular weight is 459 g/mol. The van der Waals surface area contributed by atoms with Crippen molar-refractivity contribution in [1.82, 2.24) is 39.5 Å². The zero-order chi connectivity index (χ0) is 23.2. The SMILES string of the molecule is Cc1cnc(-c2cnn(C)c2)cc1Nc1ncc2c(n1)N(C1CCOCC1)Cc1nnc(C)n1-2. The average Bonchev–Trinajstić information content (AvgIpc) is 3.46. The number of rotatable bonds is 4. The molecule has 2 aliphatic rings. The van der Waals surface area contributed by atoms with Crippen LogP contribution in [0.3, 0.4) is 0 Å². The van der Waals surface area contributed by atoms with E-state index < -0.39 is 0 Å². The predicted octanol–water partition coefficient (Wildman–Crippen LogP) is 2.71. The molecule has 0 atom stereocenters. The molecule has 4 aromatic heterocycles. The van der Waals surface area contributed by atoms with E-state index in [0.29, 0.717) is 18.5 Å². The maximum absolute atomic E-state index is 5.60. The molecule has 11 heteroatoms. The highest BCUT2D eigenvalue weighted by molar-refractivity contribution is 5.69. The van der Waals surface area contributed by atoms with Gasteiger partial charge in [-0.15, -0.1) is 10.2 Å². The van der Waals surface area contributed by atoms with E-state index in [9.17, 15) is 0 Å². The van der Waals surface area contributed by atoms with Gasteiger partial charge in [0.2, 0.25) is 5.95 Å². The number of ether oxygens (including phenoxy) is 1. The Hall–Kier alpha value is -3.86. The van der Waals surface area contributed by atoms with Crippen LogP contribution in [0.25, 0.3) is 16.9 Å². The van der Waals surface area contributed by atoms with Crippen molar-refractivity contribution in [1.29, 1.82) is 0 Å². The van der Waals surface area contributed by atoms with Crippen LogP contribution >= 0.6 is 0 Å². The number of pyridine rings is 1. The zero-order valence-electron chi connectivity index (χ0n) is 19.4. The van der Waals surface area contributed by atoms with Crippen LogP contribution < -0.4 is 10.2 Å². The van der Waals surface area contributed by atoms with Crippen molar-refractivity contribution in [2.45, 2.75) is 39.3 Å². The van der Waals surface area contributed by atoms with E-state index in [1.165, 1.54) is 0 Å². The maximum atomic E-state index is 5.60. The molecule has 34 heavy (non-hydrogen) atoms. The van der Waals surface area contributed by atoms with Crippen molar-refractivity contribution >= 4 is 17.5 Å². The van der Waals surface area contributed by atoms with Crippen LogP contribution in [0.15, 0.2) is 30.9 Å². The van der Waals surface area contributed by atoms with Gasteiger partial charge >= 0.3 is 0 Å². The Morgan fingerprint density at radius 1 is 1.06 bits per heavy atom. The molecular formula is C23H26N10O. The Morgan fingerprint density at radius 2 is 1.91 bits per heavy atom. The lowest BCUT2D eigenvalue weighted by atomic mass is 10.1. The number of aryl methyl sites for hydroxylation is 3. The summed E-state index contributed by atoms with van der Waals surface area (Å²) < 4.78 is 9.42. The highest BCUT2D eigenvalue weighted by atomic mass is 16.5. The molecule has 0 aromatic carbocycles. The van der Waals surface area contributed by atoms with Crippen molar-refractivity contribution in [2.75, 3.05) is 23.4 Å². The molecule has 2 aliphatic heterocycles. The van der Waals surface area contributed by atoms with Crippen LogP contribution in [0.1, 0.15) is 30.1 Å². The molecule has 174 valence electrons. The number of fused-ring (bicyclic) bond motifs is 3. The third kappa shape index (κ3) is 3.58. The highest BCUT2D eigenvalue weighted by Gasteiger charge is 2.32. The Balaban J connectivity index is 1.38. The van der Waals surface area contributed by atoms with Gasteiger partial charge in [-0.25, -0.2) is 4.98 Å². The van der Waals surface area contributed by atoms with E-state index in [1.54, 1.807) is 4.68 Å². The predicted molar refractivity (Wildman–Crippen MR) is 126 cm³/mol. The highest BCUT2D eigenvalue weighted by Crippen LogP contribution is 2.35. The fourth-order valence-electron chi connectivity index (χ4n) is 4.63. The zero-order valence-corrected chi connectivity index (χ0v) is 19.4. The summed E-state index contributed by atoms with van der Waals surface area (Å²) in [5.74, 6) is 3.17. The molecule has 1 fully saturated rings. The molecule has 1 N–H and O–H groups in total. The molecule has 0 bridgehead atoms. The first-order valence-electron chi connectivity index (χ1n) is 11.4. The van der Waals surface area contributed by atoms with Gasteiger partial charge < -0.3 is 15.0 Å². The molecule has 6 rings (SSSR count). The summed E-state index contributed by atoms with van der Waals surface area (Å²) in [6.07, 6.45) is 9.37. The van der Waals surface area contributed by atoms with Crippen molar-refractivity contribution in [3.63, 3.8) is 0 Å². The number of nitrogens with zero attached hydrogens (tertiary/aromatic N) is 9. The molecule has 4 aromatic rings. The summed E-state index contributed by atoms with van der Waals surface area (Å²) >= 11 is 0. The van der Waals surface area contributed by atoms with E-state index in [2.05, 4.69) is 35.5 Å². The summed E-state index contributed by atoms with van der Waals surface area (Å²) in [5, 5.41) is 16.4. The van der Waals surface area contributed by atoms with Crippen LogP contribution in [0, 0.1) is 13.8 Å². The number of hydrogen-bond acceptors (Lipinski definition) is 9.